The van der Waals surface area contributed by atoms with Crippen LogP contribution >= 0.6 is 11.6 Å². The van der Waals surface area contributed by atoms with Crippen LogP contribution in [0.5, 0.6) is 0 Å². The Morgan fingerprint density at radius 1 is 0.897 bits per heavy atom. The zero-order valence-electron chi connectivity index (χ0n) is 15.7. The average molecular weight is 404 g/mol. The number of aryl methyl sites for hydroxylation is 1. The Kier molecular flexibility index (Phi) is 4.95. The Hall–Kier alpha value is -3.37. The van der Waals surface area contributed by atoms with Crippen LogP contribution in [0.4, 0.5) is 5.69 Å². The van der Waals surface area contributed by atoms with Gasteiger partial charge in [-0.05, 0) is 48.9 Å². The van der Waals surface area contributed by atoms with Gasteiger partial charge in [0.15, 0.2) is 0 Å². The lowest BCUT2D eigenvalue weighted by molar-refractivity contribution is -0.132. The van der Waals surface area contributed by atoms with Crippen LogP contribution in [0.25, 0.3) is 5.76 Å². The Morgan fingerprint density at radius 3 is 2.14 bits per heavy atom. The molecule has 1 atom stereocenters. The van der Waals surface area contributed by atoms with Crippen molar-refractivity contribution in [1.82, 2.24) is 0 Å². The summed E-state index contributed by atoms with van der Waals surface area (Å²) in [5.74, 6) is -1.60. The molecule has 0 spiro atoms. The summed E-state index contributed by atoms with van der Waals surface area (Å²) in [7, 11) is 0. The minimum absolute atomic E-state index is 0.0593. The molecule has 29 heavy (non-hydrogen) atoms. The van der Waals surface area contributed by atoms with Crippen molar-refractivity contribution in [3.8, 4) is 0 Å². The van der Waals surface area contributed by atoms with Crippen molar-refractivity contribution >= 4 is 34.7 Å². The van der Waals surface area contributed by atoms with Crippen LogP contribution in [0, 0.1) is 6.92 Å². The molecule has 0 radical (unpaired) electrons. The van der Waals surface area contributed by atoms with Crippen LogP contribution < -0.4 is 4.90 Å². The van der Waals surface area contributed by atoms with Crippen LogP contribution in [-0.4, -0.2) is 16.8 Å². The Balaban J connectivity index is 1.93. The number of carbonyl (C=O) groups excluding carboxylic acids is 2. The molecule has 1 amide bonds. The molecule has 1 heterocycles. The van der Waals surface area contributed by atoms with E-state index in [1.54, 1.807) is 36.4 Å². The first-order chi connectivity index (χ1) is 14.0. The Morgan fingerprint density at radius 2 is 1.52 bits per heavy atom. The number of hydrogen-bond donors (Lipinski definition) is 1. The fourth-order valence-electron chi connectivity index (χ4n) is 3.52. The van der Waals surface area contributed by atoms with Crippen molar-refractivity contribution in [3.63, 3.8) is 0 Å². The zero-order chi connectivity index (χ0) is 20.5. The molecule has 1 N–H and O–H groups in total. The summed E-state index contributed by atoms with van der Waals surface area (Å²) in [5, 5.41) is 11.5. The normalized spacial score (nSPS) is 18.3. The highest BCUT2D eigenvalue weighted by Gasteiger charge is 2.46. The molecular weight excluding hydrogens is 386 g/mol. The summed E-state index contributed by atoms with van der Waals surface area (Å²) in [5.41, 5.74) is 2.87. The molecular formula is C24H18ClNO3. The van der Waals surface area contributed by atoms with Gasteiger partial charge in [0.25, 0.3) is 11.7 Å². The maximum absolute atomic E-state index is 13.0. The van der Waals surface area contributed by atoms with E-state index in [1.807, 2.05) is 49.4 Å². The molecule has 3 aromatic carbocycles. The second-order valence-corrected chi connectivity index (χ2v) is 7.36. The predicted octanol–water partition coefficient (Wildman–Crippen LogP) is 5.27. The molecule has 1 aliphatic heterocycles. The number of Topliss-reactive ketones (excluding diaryl/α,β-unsaturated/α-hetero) is 1. The number of ketones is 1. The van der Waals surface area contributed by atoms with E-state index in [0.717, 1.165) is 11.1 Å². The molecule has 1 fully saturated rings. The SMILES string of the molecule is Cc1ccc(N2C(=O)C(=O)/C(=C(/O)c3ccc(Cl)cc3)C2c2ccccc2)cc1. The maximum atomic E-state index is 13.0. The van der Waals surface area contributed by atoms with Gasteiger partial charge in [-0.3, -0.25) is 14.5 Å². The van der Waals surface area contributed by atoms with Gasteiger partial charge in [0, 0.05) is 16.3 Å². The van der Waals surface area contributed by atoms with Crippen molar-refractivity contribution in [2.75, 3.05) is 4.90 Å². The molecule has 144 valence electrons. The summed E-state index contributed by atoms with van der Waals surface area (Å²) in [6.07, 6.45) is 0. The molecule has 1 aliphatic rings. The highest BCUT2D eigenvalue weighted by atomic mass is 35.5. The first-order valence-corrected chi connectivity index (χ1v) is 9.53. The molecule has 0 saturated carbocycles. The number of halogens is 1. The van der Waals surface area contributed by atoms with Gasteiger partial charge in [0.05, 0.1) is 11.6 Å². The lowest BCUT2D eigenvalue weighted by Gasteiger charge is -2.25. The van der Waals surface area contributed by atoms with Crippen molar-refractivity contribution in [2.45, 2.75) is 13.0 Å². The van der Waals surface area contributed by atoms with Gasteiger partial charge >= 0.3 is 0 Å². The van der Waals surface area contributed by atoms with E-state index in [2.05, 4.69) is 0 Å². The second kappa shape index (κ2) is 7.57. The van der Waals surface area contributed by atoms with E-state index in [-0.39, 0.29) is 11.3 Å². The second-order valence-electron chi connectivity index (χ2n) is 6.92. The number of aliphatic hydroxyl groups excluding tert-OH is 1. The minimum Gasteiger partial charge on any atom is -0.507 e. The minimum atomic E-state index is -0.727. The van der Waals surface area contributed by atoms with Crippen molar-refractivity contribution < 1.29 is 14.7 Å². The van der Waals surface area contributed by atoms with Gasteiger partial charge in [0.1, 0.15) is 5.76 Å². The summed E-state index contributed by atoms with van der Waals surface area (Å²) in [4.78, 5) is 27.4. The maximum Gasteiger partial charge on any atom is 0.300 e. The molecule has 4 rings (SSSR count). The number of nitrogens with zero attached hydrogens (tertiary/aromatic N) is 1. The van der Waals surface area contributed by atoms with E-state index in [1.165, 1.54) is 4.90 Å². The fraction of sp³-hybridized carbons (Fsp3) is 0.0833. The molecule has 0 aromatic heterocycles. The number of carbonyl (C=O) groups is 2. The molecule has 1 saturated heterocycles. The number of rotatable bonds is 3. The summed E-state index contributed by atoms with van der Waals surface area (Å²) in [6, 6.07) is 22.4. The Labute approximate surface area is 173 Å². The van der Waals surface area contributed by atoms with Crippen molar-refractivity contribution in [2.24, 2.45) is 0 Å². The van der Waals surface area contributed by atoms with Crippen molar-refractivity contribution in [1.29, 1.82) is 0 Å². The van der Waals surface area contributed by atoms with E-state index < -0.39 is 17.7 Å². The van der Waals surface area contributed by atoms with Gasteiger partial charge in [-0.15, -0.1) is 0 Å². The van der Waals surface area contributed by atoms with Gasteiger partial charge in [0.2, 0.25) is 0 Å². The van der Waals surface area contributed by atoms with Crippen LogP contribution in [0.2, 0.25) is 5.02 Å². The summed E-state index contributed by atoms with van der Waals surface area (Å²) >= 11 is 5.94. The highest BCUT2D eigenvalue weighted by Crippen LogP contribution is 2.42. The lowest BCUT2D eigenvalue weighted by atomic mass is 9.95. The van der Waals surface area contributed by atoms with E-state index >= 15 is 0 Å². The number of benzene rings is 3. The van der Waals surface area contributed by atoms with Gasteiger partial charge < -0.3 is 5.11 Å². The van der Waals surface area contributed by atoms with Crippen molar-refractivity contribution in [3.05, 3.63) is 106 Å². The summed E-state index contributed by atoms with van der Waals surface area (Å²) in [6.45, 7) is 1.95. The monoisotopic (exact) mass is 403 g/mol. The van der Waals surface area contributed by atoms with E-state index in [9.17, 15) is 14.7 Å². The van der Waals surface area contributed by atoms with Gasteiger partial charge in [-0.25, -0.2) is 0 Å². The number of amides is 1. The quantitative estimate of drug-likeness (QED) is 0.368. The molecule has 0 aliphatic carbocycles. The van der Waals surface area contributed by atoms with E-state index in [0.29, 0.717) is 16.3 Å². The largest absolute Gasteiger partial charge is 0.507 e. The molecule has 4 nitrogen and oxygen atoms in total. The van der Waals surface area contributed by atoms with Crippen LogP contribution in [0.15, 0.2) is 84.4 Å². The first kappa shape index (κ1) is 19.0. The van der Waals surface area contributed by atoms with Crippen LogP contribution in [0.1, 0.15) is 22.7 Å². The average Bonchev–Trinajstić information content (AvgIpc) is 3.00. The van der Waals surface area contributed by atoms with Gasteiger partial charge in [-0.1, -0.05) is 59.6 Å². The molecule has 3 aromatic rings. The number of aliphatic hydroxyl groups is 1. The number of anilines is 1. The molecule has 1 unspecified atom stereocenters. The van der Waals surface area contributed by atoms with Crippen LogP contribution in [-0.2, 0) is 9.59 Å². The fourth-order valence-corrected chi connectivity index (χ4v) is 3.64. The standard InChI is InChI=1S/C24H18ClNO3/c1-15-7-13-19(14-8-15)26-21(16-5-3-2-4-6-16)20(23(28)24(26)29)22(27)17-9-11-18(25)12-10-17/h2-14,21,27H,1H3/b22-20+. The van der Waals surface area contributed by atoms with Crippen LogP contribution in [0.3, 0.4) is 0 Å². The third-order valence-electron chi connectivity index (χ3n) is 4.99. The zero-order valence-corrected chi connectivity index (χ0v) is 16.4. The molecule has 0 bridgehead atoms. The molecule has 5 heteroatoms. The topological polar surface area (TPSA) is 57.6 Å². The highest BCUT2D eigenvalue weighted by molar-refractivity contribution is 6.51. The summed E-state index contributed by atoms with van der Waals surface area (Å²) < 4.78 is 0. The predicted molar refractivity (Wildman–Crippen MR) is 114 cm³/mol. The third-order valence-corrected chi connectivity index (χ3v) is 5.24. The smallest absolute Gasteiger partial charge is 0.300 e. The third kappa shape index (κ3) is 3.43. The number of hydrogen-bond acceptors (Lipinski definition) is 3. The van der Waals surface area contributed by atoms with Gasteiger partial charge in [-0.2, -0.15) is 0 Å². The van der Waals surface area contributed by atoms with E-state index in [4.69, 9.17) is 11.6 Å². The first-order valence-electron chi connectivity index (χ1n) is 9.16. The lowest BCUT2D eigenvalue weighted by Crippen LogP contribution is -2.29. The Bertz CT molecular complexity index is 1100.